The first-order valence-electron chi connectivity index (χ1n) is 14.9. The maximum Gasteiger partial charge on any atom is 0.259 e. The normalized spacial score (nSPS) is 22.8. The summed E-state index contributed by atoms with van der Waals surface area (Å²) < 4.78 is 0. The van der Waals surface area contributed by atoms with Crippen LogP contribution in [0.4, 0.5) is 5.69 Å². The lowest BCUT2D eigenvalue weighted by Gasteiger charge is -2.48. The molecule has 3 aliphatic heterocycles. The third-order valence-corrected chi connectivity index (χ3v) is 9.59. The van der Waals surface area contributed by atoms with E-state index >= 15 is 0 Å². The van der Waals surface area contributed by atoms with Crippen LogP contribution in [0.2, 0.25) is 0 Å². The van der Waals surface area contributed by atoms with Crippen LogP contribution in [0, 0.1) is 0 Å². The maximum atomic E-state index is 13.4. The van der Waals surface area contributed by atoms with E-state index in [1.165, 1.54) is 4.90 Å². The molecule has 3 N–H and O–H groups in total. The van der Waals surface area contributed by atoms with Crippen LogP contribution in [0.15, 0.2) is 47.1 Å². The highest BCUT2D eigenvalue weighted by molar-refractivity contribution is 6.27. The molecule has 10 nitrogen and oxygen atoms in total. The Morgan fingerprint density at radius 3 is 2.52 bits per heavy atom. The molecule has 2 saturated heterocycles. The number of carbonyl (C=O) groups excluding carboxylic acids is 4. The van der Waals surface area contributed by atoms with Gasteiger partial charge in [-0.05, 0) is 87.5 Å². The SMILES string of the molecule is CN(C)C1(C(=O)N2CCC(N=C/C(=C\N)Cc3ccc4c5c(cccc35)C(=O)N4C3CCC(=O)NC3=O)CC2)CCC1. The highest BCUT2D eigenvalue weighted by atomic mass is 16.2. The predicted octanol–water partition coefficient (Wildman–Crippen LogP) is 2.54. The van der Waals surface area contributed by atoms with Crippen LogP contribution in [0.3, 0.4) is 0 Å². The number of nitrogens with one attached hydrogen (secondary N) is 1. The van der Waals surface area contributed by atoms with Gasteiger partial charge in [-0.2, -0.15) is 0 Å². The quantitative estimate of drug-likeness (QED) is 0.389. The zero-order valence-corrected chi connectivity index (χ0v) is 24.3. The van der Waals surface area contributed by atoms with Crippen LogP contribution in [0.1, 0.15) is 60.9 Å². The number of hydrogen-bond donors (Lipinski definition) is 2. The second-order valence-corrected chi connectivity index (χ2v) is 12.1. The van der Waals surface area contributed by atoms with Gasteiger partial charge in [0.05, 0.1) is 11.7 Å². The Labute approximate surface area is 245 Å². The minimum atomic E-state index is -0.716. The lowest BCUT2D eigenvalue weighted by molar-refractivity contribution is -0.150. The lowest BCUT2D eigenvalue weighted by Crippen LogP contribution is -2.62. The number of amides is 4. The van der Waals surface area contributed by atoms with E-state index in [1.54, 1.807) is 12.3 Å². The van der Waals surface area contributed by atoms with Gasteiger partial charge < -0.3 is 10.6 Å². The summed E-state index contributed by atoms with van der Waals surface area (Å²) in [4.78, 5) is 61.5. The van der Waals surface area contributed by atoms with Crippen LogP contribution in [-0.2, 0) is 20.8 Å². The highest BCUT2D eigenvalue weighted by Crippen LogP contribution is 2.41. The molecule has 42 heavy (non-hydrogen) atoms. The Morgan fingerprint density at radius 1 is 1.12 bits per heavy atom. The Morgan fingerprint density at radius 2 is 1.88 bits per heavy atom. The van der Waals surface area contributed by atoms with Gasteiger partial charge in [0.15, 0.2) is 0 Å². The smallest absolute Gasteiger partial charge is 0.259 e. The van der Waals surface area contributed by atoms with Gasteiger partial charge in [0, 0.05) is 43.1 Å². The average Bonchev–Trinajstić information content (AvgIpc) is 3.24. The molecule has 0 spiro atoms. The number of likely N-dealkylation sites (N-methyl/N-ethyl adjacent to an activating group) is 1. The summed E-state index contributed by atoms with van der Waals surface area (Å²) >= 11 is 0. The van der Waals surface area contributed by atoms with Crippen molar-refractivity contribution >= 4 is 46.3 Å². The van der Waals surface area contributed by atoms with Crippen LogP contribution in [0.5, 0.6) is 0 Å². The Bertz CT molecular complexity index is 1520. The molecule has 1 unspecified atom stereocenters. The van der Waals surface area contributed by atoms with Gasteiger partial charge in [0.25, 0.3) is 5.91 Å². The van der Waals surface area contributed by atoms with Crippen LogP contribution in [0.25, 0.3) is 10.8 Å². The first-order valence-corrected chi connectivity index (χ1v) is 14.9. The molecule has 3 fully saturated rings. The maximum absolute atomic E-state index is 13.4. The molecule has 0 radical (unpaired) electrons. The van der Waals surface area contributed by atoms with Gasteiger partial charge in [0.2, 0.25) is 17.7 Å². The number of aliphatic imine (C=N–C) groups is 1. The number of nitrogens with two attached hydrogens (primary N) is 1. The minimum absolute atomic E-state index is 0.133. The van der Waals surface area contributed by atoms with Crippen molar-refractivity contribution in [3.05, 3.63) is 53.2 Å². The molecule has 2 aromatic rings. The minimum Gasteiger partial charge on any atom is -0.404 e. The molecule has 2 aromatic carbocycles. The fourth-order valence-electron chi connectivity index (χ4n) is 6.90. The summed E-state index contributed by atoms with van der Waals surface area (Å²) in [5.74, 6) is -0.721. The number of allylic oxidation sites excluding steroid dienone is 1. The van der Waals surface area contributed by atoms with Gasteiger partial charge in [-0.1, -0.05) is 18.2 Å². The Hall–Kier alpha value is -4.05. The number of likely N-dealkylation sites (tertiary alicyclic amines) is 1. The summed E-state index contributed by atoms with van der Waals surface area (Å²) in [6.45, 7) is 1.43. The van der Waals surface area contributed by atoms with E-state index in [0.29, 0.717) is 37.2 Å². The molecule has 0 aromatic heterocycles. The number of anilines is 1. The first-order chi connectivity index (χ1) is 20.2. The molecule has 1 aliphatic carbocycles. The number of benzene rings is 2. The van der Waals surface area contributed by atoms with Crippen molar-refractivity contribution in [2.45, 2.75) is 69.0 Å². The largest absolute Gasteiger partial charge is 0.404 e. The van der Waals surface area contributed by atoms with Crippen molar-refractivity contribution in [1.29, 1.82) is 0 Å². The van der Waals surface area contributed by atoms with E-state index in [9.17, 15) is 19.2 Å². The monoisotopic (exact) mass is 570 g/mol. The number of piperidine rings is 2. The van der Waals surface area contributed by atoms with Crippen molar-refractivity contribution in [1.82, 2.24) is 15.1 Å². The standard InChI is InChI=1S/C32H38N6O4/c1-36(2)32(13-4-14-32)31(42)37-15-11-22(12-16-37)34-19-20(18-33)17-21-7-8-25-28-23(21)5-3-6-24(28)30(41)38(25)26-9-10-27(39)35-29(26)40/h3,5-8,18-19,22,26H,4,9-17,33H2,1-2H3,(H,35,39,40)/b20-18-,34-19?. The fraction of sp³-hybridized carbons (Fsp3) is 0.469. The predicted molar refractivity (Wildman–Crippen MR) is 161 cm³/mol. The highest BCUT2D eigenvalue weighted by Gasteiger charge is 2.48. The number of hydrogen-bond acceptors (Lipinski definition) is 7. The van der Waals surface area contributed by atoms with Gasteiger partial charge in [-0.15, -0.1) is 0 Å². The van der Waals surface area contributed by atoms with E-state index in [-0.39, 0.29) is 35.7 Å². The third-order valence-electron chi connectivity index (χ3n) is 9.59. The topological polar surface area (TPSA) is 128 Å². The van der Waals surface area contributed by atoms with Crippen molar-refractivity contribution in [2.75, 3.05) is 32.1 Å². The molecule has 1 atom stereocenters. The van der Waals surface area contributed by atoms with E-state index < -0.39 is 11.9 Å². The zero-order chi connectivity index (χ0) is 29.6. The molecule has 0 bridgehead atoms. The summed E-state index contributed by atoms with van der Waals surface area (Å²) in [5, 5.41) is 4.11. The Balaban J connectivity index is 1.15. The number of carbonyl (C=O) groups is 4. The van der Waals surface area contributed by atoms with E-state index in [2.05, 4.69) is 10.2 Å². The van der Waals surface area contributed by atoms with Crippen LogP contribution in [-0.4, -0.2) is 84.5 Å². The van der Waals surface area contributed by atoms with Crippen LogP contribution < -0.4 is 16.0 Å². The summed E-state index contributed by atoms with van der Waals surface area (Å²) in [7, 11) is 4.01. The van der Waals surface area contributed by atoms with E-state index in [0.717, 1.165) is 54.0 Å². The summed E-state index contributed by atoms with van der Waals surface area (Å²) in [5.41, 5.74) is 8.82. The molecule has 220 valence electrons. The molecule has 10 heteroatoms. The fourth-order valence-corrected chi connectivity index (χ4v) is 6.90. The van der Waals surface area contributed by atoms with Gasteiger partial charge >= 0.3 is 0 Å². The molecule has 3 heterocycles. The molecular formula is C32H38N6O4. The second-order valence-electron chi connectivity index (χ2n) is 12.1. The Kier molecular flexibility index (Phi) is 7.34. The number of imide groups is 1. The van der Waals surface area contributed by atoms with Gasteiger partial charge in [-0.3, -0.25) is 39.3 Å². The van der Waals surface area contributed by atoms with E-state index in [1.807, 2.05) is 49.5 Å². The molecule has 4 amide bonds. The van der Waals surface area contributed by atoms with Crippen molar-refractivity contribution in [3.8, 4) is 0 Å². The molecule has 4 aliphatic rings. The summed E-state index contributed by atoms with van der Waals surface area (Å²) in [6, 6.07) is 8.90. The van der Waals surface area contributed by atoms with Gasteiger partial charge in [-0.25, -0.2) is 0 Å². The van der Waals surface area contributed by atoms with Crippen molar-refractivity contribution < 1.29 is 19.2 Å². The third kappa shape index (κ3) is 4.67. The van der Waals surface area contributed by atoms with Crippen molar-refractivity contribution in [3.63, 3.8) is 0 Å². The van der Waals surface area contributed by atoms with Crippen molar-refractivity contribution in [2.24, 2.45) is 10.7 Å². The molecular weight excluding hydrogens is 532 g/mol. The number of nitrogens with zero attached hydrogens (tertiary/aromatic N) is 4. The zero-order valence-electron chi connectivity index (χ0n) is 24.3. The first kappa shape index (κ1) is 28.1. The summed E-state index contributed by atoms with van der Waals surface area (Å²) in [6.07, 6.45) is 9.07. The number of rotatable bonds is 7. The average molecular weight is 571 g/mol. The van der Waals surface area contributed by atoms with E-state index in [4.69, 9.17) is 10.7 Å². The lowest BCUT2D eigenvalue weighted by atomic mass is 9.74. The molecule has 6 rings (SSSR count). The van der Waals surface area contributed by atoms with Crippen LogP contribution >= 0.6 is 0 Å². The molecule has 1 saturated carbocycles. The van der Waals surface area contributed by atoms with Gasteiger partial charge in [0.1, 0.15) is 11.6 Å². The second kappa shape index (κ2) is 11.0.